The van der Waals surface area contributed by atoms with Crippen LogP contribution in [0.25, 0.3) is 0 Å². The van der Waals surface area contributed by atoms with Crippen molar-refractivity contribution in [2.45, 2.75) is 69.3 Å². The normalized spacial score (nSPS) is 17.2. The van der Waals surface area contributed by atoms with Gasteiger partial charge in [0.15, 0.2) is 5.16 Å². The van der Waals surface area contributed by atoms with E-state index >= 15 is 0 Å². The fourth-order valence-electron chi connectivity index (χ4n) is 2.88. The molecular weight excluding hydrogens is 300 g/mol. The van der Waals surface area contributed by atoms with Crippen LogP contribution in [0.2, 0.25) is 0 Å². The molecule has 1 aromatic heterocycles. The minimum atomic E-state index is -0.819. The maximum Gasteiger partial charge on any atom is 0.318 e. The summed E-state index contributed by atoms with van der Waals surface area (Å²) in [7, 11) is 0. The molecular formula is C15H24N4O2S. The molecule has 7 heteroatoms. The fourth-order valence-corrected chi connectivity index (χ4v) is 3.95. The molecule has 1 aliphatic carbocycles. The van der Waals surface area contributed by atoms with E-state index in [1.807, 2.05) is 6.92 Å². The van der Waals surface area contributed by atoms with Crippen LogP contribution in [0.3, 0.4) is 0 Å². The predicted octanol–water partition coefficient (Wildman–Crippen LogP) is 2.68. The zero-order valence-electron chi connectivity index (χ0n) is 13.4. The number of nitrogens with zero attached hydrogens (tertiary/aromatic N) is 2. The van der Waals surface area contributed by atoms with E-state index in [9.17, 15) is 9.59 Å². The zero-order valence-corrected chi connectivity index (χ0v) is 14.2. The third-order valence-corrected chi connectivity index (χ3v) is 5.26. The van der Waals surface area contributed by atoms with Crippen LogP contribution in [0.1, 0.15) is 56.5 Å². The number of aromatic nitrogens is 2. The van der Waals surface area contributed by atoms with Crippen molar-refractivity contribution in [2.24, 2.45) is 5.73 Å². The maximum atomic E-state index is 11.9. The van der Waals surface area contributed by atoms with Gasteiger partial charge in [0.25, 0.3) is 0 Å². The second kappa shape index (κ2) is 7.17. The van der Waals surface area contributed by atoms with Crippen molar-refractivity contribution in [1.82, 2.24) is 14.9 Å². The van der Waals surface area contributed by atoms with E-state index in [1.165, 1.54) is 31.0 Å². The van der Waals surface area contributed by atoms with Crippen molar-refractivity contribution in [3.05, 3.63) is 11.4 Å². The Balaban J connectivity index is 2.18. The Hall–Kier alpha value is -1.50. The molecule has 1 aliphatic rings. The van der Waals surface area contributed by atoms with Crippen LogP contribution in [-0.4, -0.2) is 26.7 Å². The minimum absolute atomic E-state index is 0.383. The van der Waals surface area contributed by atoms with E-state index in [0.717, 1.165) is 29.4 Å². The Labute approximate surface area is 135 Å². The average Bonchev–Trinajstić information content (AvgIpc) is 2.74. The molecule has 0 radical (unpaired) electrons. The predicted molar refractivity (Wildman–Crippen MR) is 86.9 cm³/mol. The second-order valence-corrected chi connectivity index (χ2v) is 7.15. The molecule has 3 N–H and O–H groups in total. The summed E-state index contributed by atoms with van der Waals surface area (Å²) in [5.74, 6) is -0.383. The van der Waals surface area contributed by atoms with Gasteiger partial charge in [-0.2, -0.15) is 0 Å². The topological polar surface area (TPSA) is 90.0 Å². The number of hydrogen-bond acceptors (Lipinski definition) is 4. The number of thioether (sulfide) groups is 1. The number of primary amides is 1. The van der Waals surface area contributed by atoms with Crippen molar-refractivity contribution in [2.75, 3.05) is 0 Å². The van der Waals surface area contributed by atoms with Crippen LogP contribution in [0.5, 0.6) is 0 Å². The highest BCUT2D eigenvalue weighted by molar-refractivity contribution is 8.00. The maximum absolute atomic E-state index is 11.9. The first-order valence-electron chi connectivity index (χ1n) is 7.72. The Morgan fingerprint density at radius 3 is 2.55 bits per heavy atom. The summed E-state index contributed by atoms with van der Waals surface area (Å²) in [6.45, 7) is 5.83. The van der Waals surface area contributed by atoms with Gasteiger partial charge in [-0.3, -0.25) is 10.1 Å². The lowest BCUT2D eigenvalue weighted by molar-refractivity contribution is -0.119. The number of carbonyl (C=O) groups is 2. The van der Waals surface area contributed by atoms with Crippen LogP contribution in [0, 0.1) is 13.8 Å². The van der Waals surface area contributed by atoms with Crippen molar-refractivity contribution in [3.8, 4) is 0 Å². The van der Waals surface area contributed by atoms with Crippen LogP contribution >= 0.6 is 11.8 Å². The van der Waals surface area contributed by atoms with Gasteiger partial charge in [-0.15, -0.1) is 0 Å². The molecule has 0 saturated heterocycles. The number of imide groups is 1. The molecule has 0 spiro atoms. The van der Waals surface area contributed by atoms with Gasteiger partial charge in [0, 0.05) is 11.7 Å². The standard InChI is InChI=1S/C15H24N4O2S/c1-9-10(2)19(12-7-5-4-6-8-12)15(17-9)22-11(3)13(20)18-14(16)21/h11-12H,4-8H2,1-3H3,(H3,16,18,20,21)/t11-/m0/s1. The molecule has 22 heavy (non-hydrogen) atoms. The number of nitrogens with two attached hydrogens (primary N) is 1. The summed E-state index contributed by atoms with van der Waals surface area (Å²) in [5, 5.41) is 2.56. The smallest absolute Gasteiger partial charge is 0.318 e. The monoisotopic (exact) mass is 324 g/mol. The lowest BCUT2D eigenvalue weighted by Crippen LogP contribution is -2.39. The van der Waals surface area contributed by atoms with E-state index in [4.69, 9.17) is 5.73 Å². The summed E-state index contributed by atoms with van der Waals surface area (Å²) in [6, 6.07) is -0.357. The summed E-state index contributed by atoms with van der Waals surface area (Å²) >= 11 is 1.38. The quantitative estimate of drug-likeness (QED) is 0.833. The van der Waals surface area contributed by atoms with Gasteiger partial charge in [0.05, 0.1) is 10.9 Å². The molecule has 0 unspecified atom stereocenters. The first-order valence-corrected chi connectivity index (χ1v) is 8.60. The number of amides is 3. The van der Waals surface area contributed by atoms with Gasteiger partial charge in [-0.1, -0.05) is 31.0 Å². The van der Waals surface area contributed by atoms with Crippen LogP contribution < -0.4 is 11.1 Å². The number of imidazole rings is 1. The average molecular weight is 324 g/mol. The molecule has 1 aromatic rings. The third kappa shape index (κ3) is 3.82. The third-order valence-electron chi connectivity index (χ3n) is 4.19. The number of aryl methyl sites for hydroxylation is 1. The highest BCUT2D eigenvalue weighted by Crippen LogP contribution is 2.35. The van der Waals surface area contributed by atoms with Crippen LogP contribution in [-0.2, 0) is 4.79 Å². The Morgan fingerprint density at radius 1 is 1.32 bits per heavy atom. The molecule has 0 aromatic carbocycles. The van der Waals surface area contributed by atoms with Gasteiger partial charge in [-0.25, -0.2) is 9.78 Å². The SMILES string of the molecule is Cc1nc(S[C@@H](C)C(=O)NC(N)=O)n(C2CCCCC2)c1C. The molecule has 0 aliphatic heterocycles. The Kier molecular flexibility index (Phi) is 5.50. The van der Waals surface area contributed by atoms with Crippen molar-refractivity contribution in [3.63, 3.8) is 0 Å². The molecule has 6 nitrogen and oxygen atoms in total. The number of nitrogens with one attached hydrogen (secondary N) is 1. The van der Waals surface area contributed by atoms with Gasteiger partial charge in [-0.05, 0) is 33.6 Å². The number of carbonyl (C=O) groups excluding carboxylic acids is 2. The Morgan fingerprint density at radius 2 is 1.95 bits per heavy atom. The number of rotatable bonds is 4. The van der Waals surface area contributed by atoms with Crippen LogP contribution in [0.4, 0.5) is 4.79 Å². The Bertz CT molecular complexity index is 564. The van der Waals surface area contributed by atoms with Gasteiger partial charge in [0.2, 0.25) is 5.91 Å². The van der Waals surface area contributed by atoms with Crippen LogP contribution in [0.15, 0.2) is 5.16 Å². The minimum Gasteiger partial charge on any atom is -0.351 e. The summed E-state index contributed by atoms with van der Waals surface area (Å²) in [4.78, 5) is 27.3. The molecule has 2 rings (SSSR count). The summed E-state index contributed by atoms with van der Waals surface area (Å²) < 4.78 is 2.27. The van der Waals surface area contributed by atoms with Gasteiger partial charge >= 0.3 is 6.03 Å². The second-order valence-electron chi connectivity index (χ2n) is 5.84. The van der Waals surface area contributed by atoms with Crippen molar-refractivity contribution >= 4 is 23.7 Å². The van der Waals surface area contributed by atoms with Crippen molar-refractivity contribution < 1.29 is 9.59 Å². The molecule has 0 bridgehead atoms. The largest absolute Gasteiger partial charge is 0.351 e. The lowest BCUT2D eigenvalue weighted by atomic mass is 9.95. The number of urea groups is 1. The zero-order chi connectivity index (χ0) is 16.3. The van der Waals surface area contributed by atoms with E-state index in [2.05, 4.69) is 21.8 Å². The highest BCUT2D eigenvalue weighted by Gasteiger charge is 2.25. The fraction of sp³-hybridized carbons (Fsp3) is 0.667. The number of hydrogen-bond donors (Lipinski definition) is 2. The van der Waals surface area contributed by atoms with E-state index in [1.54, 1.807) is 6.92 Å². The van der Waals surface area contributed by atoms with E-state index in [-0.39, 0.29) is 5.91 Å². The first-order chi connectivity index (χ1) is 10.4. The van der Waals surface area contributed by atoms with E-state index < -0.39 is 11.3 Å². The van der Waals surface area contributed by atoms with Gasteiger partial charge in [0.1, 0.15) is 0 Å². The first kappa shape index (κ1) is 16.9. The molecule has 122 valence electrons. The summed E-state index contributed by atoms with van der Waals surface area (Å²) in [5.41, 5.74) is 7.16. The molecule has 1 heterocycles. The van der Waals surface area contributed by atoms with Gasteiger partial charge < -0.3 is 10.3 Å². The molecule has 1 saturated carbocycles. The highest BCUT2D eigenvalue weighted by atomic mass is 32.2. The van der Waals surface area contributed by atoms with Crippen molar-refractivity contribution in [1.29, 1.82) is 0 Å². The molecule has 3 amide bonds. The molecule has 1 atom stereocenters. The summed E-state index contributed by atoms with van der Waals surface area (Å²) in [6.07, 6.45) is 6.09. The lowest BCUT2D eigenvalue weighted by Gasteiger charge is -2.26. The molecule has 1 fully saturated rings. The van der Waals surface area contributed by atoms with E-state index in [0.29, 0.717) is 6.04 Å².